The predicted octanol–water partition coefficient (Wildman–Crippen LogP) is 3.58. The number of aliphatic hydroxyl groups excluding tert-OH is 1. The van der Waals surface area contributed by atoms with Gasteiger partial charge in [0.1, 0.15) is 0 Å². The maximum Gasteiger partial charge on any atom is 0.188 e. The van der Waals surface area contributed by atoms with E-state index in [2.05, 4.69) is 53.8 Å². The highest BCUT2D eigenvalue weighted by atomic mass is 127. The lowest BCUT2D eigenvalue weighted by Gasteiger charge is -2.30. The predicted molar refractivity (Wildman–Crippen MR) is 100 cm³/mol. The molecule has 22 heavy (non-hydrogen) atoms. The molecular formula is C17H27IO3Si. The zero-order valence-electron chi connectivity index (χ0n) is 13.6. The average molecular weight is 434 g/mol. The molecule has 124 valence electrons. The van der Waals surface area contributed by atoms with E-state index in [1.807, 2.05) is 13.1 Å². The second-order valence-electron chi connectivity index (χ2n) is 6.93. The fourth-order valence-corrected chi connectivity index (χ4v) is 7.07. The maximum atomic E-state index is 10.6. The van der Waals surface area contributed by atoms with Crippen molar-refractivity contribution < 1.29 is 14.6 Å². The standard InChI is InChI=1S/C17H27IO3Si/c1-12-15(8-7-13-5-4-6-14(18)11-13)21-16(9-10-19)17(12)22(2,3)20/h4-6,11-12,15-17,19-20H,7-10H2,1-3H3/t12-,15+,16-,17+/m1/s1. The number of aliphatic hydroxyl groups is 1. The van der Waals surface area contributed by atoms with Gasteiger partial charge in [0.05, 0.1) is 12.2 Å². The fraction of sp³-hybridized carbons (Fsp3) is 0.647. The Morgan fingerprint density at radius 1 is 1.23 bits per heavy atom. The van der Waals surface area contributed by atoms with Crippen LogP contribution in [0.25, 0.3) is 0 Å². The van der Waals surface area contributed by atoms with Gasteiger partial charge in [-0.2, -0.15) is 0 Å². The Morgan fingerprint density at radius 2 is 1.95 bits per heavy atom. The summed E-state index contributed by atoms with van der Waals surface area (Å²) < 4.78 is 7.48. The number of ether oxygens (including phenoxy) is 1. The third-order valence-corrected chi connectivity index (χ3v) is 7.94. The van der Waals surface area contributed by atoms with E-state index in [0.29, 0.717) is 12.3 Å². The van der Waals surface area contributed by atoms with Crippen LogP contribution in [0.1, 0.15) is 25.3 Å². The third kappa shape index (κ3) is 4.53. The van der Waals surface area contributed by atoms with Gasteiger partial charge in [0, 0.05) is 15.7 Å². The quantitative estimate of drug-likeness (QED) is 0.532. The fourth-order valence-electron chi connectivity index (χ4n) is 3.81. The molecule has 0 radical (unpaired) electrons. The zero-order valence-corrected chi connectivity index (χ0v) is 16.8. The summed E-state index contributed by atoms with van der Waals surface area (Å²) in [7, 11) is -2.28. The van der Waals surface area contributed by atoms with E-state index in [-0.39, 0.29) is 24.4 Å². The van der Waals surface area contributed by atoms with Crippen molar-refractivity contribution in [2.24, 2.45) is 5.92 Å². The third-order valence-electron chi connectivity index (χ3n) is 4.74. The molecule has 3 nitrogen and oxygen atoms in total. The van der Waals surface area contributed by atoms with Crippen molar-refractivity contribution >= 4 is 30.9 Å². The number of benzene rings is 1. The summed E-state index contributed by atoms with van der Waals surface area (Å²) in [5.74, 6) is 0.353. The first kappa shape index (κ1) is 18.4. The molecule has 0 spiro atoms. The van der Waals surface area contributed by atoms with Crippen molar-refractivity contribution in [1.29, 1.82) is 0 Å². The monoisotopic (exact) mass is 434 g/mol. The van der Waals surface area contributed by atoms with E-state index >= 15 is 0 Å². The summed E-state index contributed by atoms with van der Waals surface area (Å²) in [6.45, 7) is 6.31. The van der Waals surface area contributed by atoms with Crippen LogP contribution < -0.4 is 0 Å². The Hall–Kier alpha value is 0.0469. The highest BCUT2D eigenvalue weighted by molar-refractivity contribution is 14.1. The molecule has 0 unspecified atom stereocenters. The van der Waals surface area contributed by atoms with Crippen molar-refractivity contribution in [2.75, 3.05) is 6.61 Å². The van der Waals surface area contributed by atoms with Crippen LogP contribution in [-0.4, -0.2) is 37.0 Å². The van der Waals surface area contributed by atoms with E-state index in [1.54, 1.807) is 0 Å². The topological polar surface area (TPSA) is 49.7 Å². The second kappa shape index (κ2) is 7.74. The molecule has 1 aromatic rings. The van der Waals surface area contributed by atoms with Crippen molar-refractivity contribution in [1.82, 2.24) is 0 Å². The highest BCUT2D eigenvalue weighted by Crippen LogP contribution is 2.45. The molecule has 1 aliphatic rings. The van der Waals surface area contributed by atoms with Crippen molar-refractivity contribution in [3.05, 3.63) is 33.4 Å². The van der Waals surface area contributed by atoms with Crippen molar-refractivity contribution in [2.45, 2.75) is 57.0 Å². The van der Waals surface area contributed by atoms with E-state index in [1.165, 1.54) is 9.13 Å². The Labute approximate surface area is 148 Å². The molecule has 0 bridgehead atoms. The lowest BCUT2D eigenvalue weighted by atomic mass is 9.95. The number of hydrogen-bond acceptors (Lipinski definition) is 3. The van der Waals surface area contributed by atoms with Crippen LogP contribution in [0.2, 0.25) is 18.6 Å². The maximum absolute atomic E-state index is 10.6. The summed E-state index contributed by atoms with van der Waals surface area (Å²) in [6, 6.07) is 8.58. The highest BCUT2D eigenvalue weighted by Gasteiger charge is 2.49. The van der Waals surface area contributed by atoms with Crippen LogP contribution in [0.3, 0.4) is 0 Å². The van der Waals surface area contributed by atoms with Gasteiger partial charge in [-0.15, -0.1) is 0 Å². The van der Waals surface area contributed by atoms with Crippen LogP contribution in [0.15, 0.2) is 24.3 Å². The van der Waals surface area contributed by atoms with E-state index in [9.17, 15) is 9.90 Å². The van der Waals surface area contributed by atoms with E-state index < -0.39 is 8.32 Å². The van der Waals surface area contributed by atoms with Gasteiger partial charge in [-0.1, -0.05) is 19.1 Å². The van der Waals surface area contributed by atoms with E-state index in [4.69, 9.17) is 4.74 Å². The van der Waals surface area contributed by atoms with Gasteiger partial charge in [-0.05, 0) is 78.6 Å². The normalized spacial score (nSPS) is 29.0. The molecule has 0 aromatic heterocycles. The Morgan fingerprint density at radius 3 is 2.55 bits per heavy atom. The summed E-state index contributed by atoms with van der Waals surface area (Å²) in [5.41, 5.74) is 1.55. The summed E-state index contributed by atoms with van der Waals surface area (Å²) >= 11 is 2.34. The molecule has 1 saturated heterocycles. The number of rotatable bonds is 6. The SMILES string of the molecule is C[C@H]1[C@H]([Si](C)(C)O)[C@@H](CCO)O[C@H]1CCc1cccc(I)c1. The van der Waals surface area contributed by atoms with Gasteiger partial charge >= 0.3 is 0 Å². The molecule has 0 saturated carbocycles. The zero-order chi connectivity index (χ0) is 16.3. The molecule has 0 amide bonds. The van der Waals surface area contributed by atoms with Crippen LogP contribution in [-0.2, 0) is 11.2 Å². The first-order valence-electron chi connectivity index (χ1n) is 8.06. The average Bonchev–Trinajstić information content (AvgIpc) is 2.73. The Balaban J connectivity index is 2.02. The minimum atomic E-state index is -2.28. The molecule has 0 aliphatic carbocycles. The summed E-state index contributed by atoms with van der Waals surface area (Å²) in [6.07, 6.45) is 2.79. The minimum absolute atomic E-state index is 0.00701. The largest absolute Gasteiger partial charge is 0.432 e. The molecule has 1 aliphatic heterocycles. The number of halogens is 1. The van der Waals surface area contributed by atoms with Gasteiger partial charge < -0.3 is 14.6 Å². The van der Waals surface area contributed by atoms with Gasteiger partial charge in [0.15, 0.2) is 8.32 Å². The second-order valence-corrected chi connectivity index (χ2v) is 12.2. The van der Waals surface area contributed by atoms with E-state index in [0.717, 1.165) is 12.8 Å². The molecule has 1 heterocycles. The molecule has 2 rings (SSSR count). The Bertz CT molecular complexity index is 489. The molecule has 1 fully saturated rings. The lowest BCUT2D eigenvalue weighted by Crippen LogP contribution is -2.40. The minimum Gasteiger partial charge on any atom is -0.432 e. The van der Waals surface area contributed by atoms with Crippen LogP contribution in [0.4, 0.5) is 0 Å². The lowest BCUT2D eigenvalue weighted by molar-refractivity contribution is 0.0192. The van der Waals surface area contributed by atoms with Crippen molar-refractivity contribution in [3.63, 3.8) is 0 Å². The first-order chi connectivity index (χ1) is 10.3. The smallest absolute Gasteiger partial charge is 0.188 e. The van der Waals surface area contributed by atoms with Crippen molar-refractivity contribution in [3.8, 4) is 0 Å². The van der Waals surface area contributed by atoms with Gasteiger partial charge in [0.2, 0.25) is 0 Å². The Kier molecular flexibility index (Phi) is 6.47. The molecule has 1 aromatic carbocycles. The number of aryl methyl sites for hydroxylation is 1. The van der Waals surface area contributed by atoms with Gasteiger partial charge in [-0.25, -0.2) is 0 Å². The van der Waals surface area contributed by atoms with Crippen LogP contribution in [0, 0.1) is 9.49 Å². The molecule has 4 atom stereocenters. The van der Waals surface area contributed by atoms with Crippen LogP contribution in [0.5, 0.6) is 0 Å². The van der Waals surface area contributed by atoms with Gasteiger partial charge in [0.25, 0.3) is 0 Å². The van der Waals surface area contributed by atoms with Crippen LogP contribution >= 0.6 is 22.6 Å². The molecular weight excluding hydrogens is 407 g/mol. The summed E-state index contributed by atoms with van der Waals surface area (Å²) in [4.78, 5) is 10.6. The van der Waals surface area contributed by atoms with Gasteiger partial charge in [-0.3, -0.25) is 0 Å². The molecule has 2 N–H and O–H groups in total. The summed E-state index contributed by atoms with van der Waals surface area (Å²) in [5, 5.41) is 9.27. The first-order valence-corrected chi connectivity index (χ1v) is 12.2. The number of hydrogen-bond donors (Lipinski definition) is 2. The molecule has 5 heteroatoms.